The van der Waals surface area contributed by atoms with Crippen molar-refractivity contribution in [3.05, 3.63) is 23.8 Å². The first-order chi connectivity index (χ1) is 9.43. The minimum absolute atomic E-state index is 0.0648. The molecule has 0 saturated heterocycles. The van der Waals surface area contributed by atoms with Gasteiger partial charge in [-0.15, -0.1) is 0 Å². The van der Waals surface area contributed by atoms with Gasteiger partial charge in [-0.05, 0) is 39.0 Å². The van der Waals surface area contributed by atoms with Crippen LogP contribution in [0.25, 0.3) is 0 Å². The Kier molecular flexibility index (Phi) is 6.24. The number of rotatable bonds is 7. The zero-order valence-electron chi connectivity index (χ0n) is 11.9. The van der Waals surface area contributed by atoms with Crippen molar-refractivity contribution >= 4 is 23.1 Å². The monoisotopic (exact) mass is 296 g/mol. The average Bonchev–Trinajstić information content (AvgIpc) is 2.36. The molecule has 0 radical (unpaired) electrons. The largest absolute Gasteiger partial charge is 0.490 e. The second kappa shape index (κ2) is 7.69. The highest BCUT2D eigenvalue weighted by molar-refractivity contribution is 7.80. The van der Waals surface area contributed by atoms with Gasteiger partial charge in [-0.2, -0.15) is 0 Å². The first kappa shape index (κ1) is 16.2. The highest BCUT2D eigenvalue weighted by Crippen LogP contribution is 2.28. The number of amides is 1. The van der Waals surface area contributed by atoms with Crippen LogP contribution in [0.1, 0.15) is 26.3 Å². The van der Waals surface area contributed by atoms with Crippen molar-refractivity contribution in [3.63, 3.8) is 0 Å². The van der Waals surface area contributed by atoms with Gasteiger partial charge in [0.2, 0.25) is 0 Å². The molecule has 0 unspecified atom stereocenters. The topological polar surface area (TPSA) is 73.6 Å². The minimum Gasteiger partial charge on any atom is -0.490 e. The summed E-state index contributed by atoms with van der Waals surface area (Å²) in [6.45, 7) is 6.06. The maximum absolute atomic E-state index is 11.6. The third-order valence-electron chi connectivity index (χ3n) is 2.34. The summed E-state index contributed by atoms with van der Waals surface area (Å²) < 4.78 is 10.9. The summed E-state index contributed by atoms with van der Waals surface area (Å²) in [5.74, 6) is 0.835. The maximum Gasteiger partial charge on any atom is 0.258 e. The van der Waals surface area contributed by atoms with Gasteiger partial charge in [-0.25, -0.2) is 0 Å². The molecule has 0 aromatic heterocycles. The van der Waals surface area contributed by atoms with Crippen LogP contribution in [-0.2, 0) is 4.79 Å². The van der Waals surface area contributed by atoms with Gasteiger partial charge in [0.25, 0.3) is 5.91 Å². The zero-order chi connectivity index (χ0) is 15.1. The molecule has 0 saturated carbocycles. The Hall–Kier alpha value is -1.82. The molecular formula is C14H20N2O3S. The Labute approximate surface area is 124 Å². The molecule has 0 aliphatic heterocycles. The van der Waals surface area contributed by atoms with Gasteiger partial charge >= 0.3 is 0 Å². The summed E-state index contributed by atoms with van der Waals surface area (Å²) in [7, 11) is 0. The molecule has 20 heavy (non-hydrogen) atoms. The second-order valence-corrected chi connectivity index (χ2v) is 4.91. The van der Waals surface area contributed by atoms with Crippen LogP contribution in [0.4, 0.5) is 0 Å². The van der Waals surface area contributed by atoms with E-state index in [1.165, 1.54) is 0 Å². The predicted molar refractivity (Wildman–Crippen MR) is 82.3 cm³/mol. The van der Waals surface area contributed by atoms with Gasteiger partial charge in [0.15, 0.2) is 18.1 Å². The molecule has 1 aromatic rings. The molecule has 0 atom stereocenters. The molecule has 0 aliphatic rings. The molecule has 1 aromatic carbocycles. The van der Waals surface area contributed by atoms with Gasteiger partial charge in [0.05, 0.1) is 6.61 Å². The summed E-state index contributed by atoms with van der Waals surface area (Å²) in [5.41, 5.74) is 6.27. The minimum atomic E-state index is -0.180. The van der Waals surface area contributed by atoms with E-state index in [4.69, 9.17) is 27.4 Å². The van der Waals surface area contributed by atoms with Gasteiger partial charge < -0.3 is 20.5 Å². The van der Waals surface area contributed by atoms with E-state index in [1.54, 1.807) is 18.2 Å². The fraction of sp³-hybridized carbons (Fsp3) is 0.429. The molecule has 0 bridgehead atoms. The van der Waals surface area contributed by atoms with Crippen molar-refractivity contribution in [2.75, 3.05) is 13.2 Å². The van der Waals surface area contributed by atoms with E-state index < -0.39 is 0 Å². The van der Waals surface area contributed by atoms with Gasteiger partial charge in [0, 0.05) is 11.6 Å². The lowest BCUT2D eigenvalue weighted by Gasteiger charge is -2.14. The summed E-state index contributed by atoms with van der Waals surface area (Å²) in [6.07, 6.45) is 0. The third kappa shape index (κ3) is 5.05. The molecule has 110 valence electrons. The van der Waals surface area contributed by atoms with E-state index in [1.807, 2.05) is 20.8 Å². The van der Waals surface area contributed by atoms with Crippen LogP contribution >= 0.6 is 12.2 Å². The SMILES string of the molecule is CCOc1cc(C(N)=S)ccc1OCC(=O)NC(C)C. The van der Waals surface area contributed by atoms with Gasteiger partial charge in [-0.1, -0.05) is 12.2 Å². The van der Waals surface area contributed by atoms with E-state index in [0.717, 1.165) is 0 Å². The molecule has 1 rings (SSSR count). The fourth-order valence-corrected chi connectivity index (χ4v) is 1.68. The number of hydrogen-bond acceptors (Lipinski definition) is 4. The first-order valence-electron chi connectivity index (χ1n) is 6.42. The molecule has 5 nitrogen and oxygen atoms in total. The van der Waals surface area contributed by atoms with Crippen molar-refractivity contribution in [2.45, 2.75) is 26.8 Å². The number of carbonyl (C=O) groups is 1. The van der Waals surface area contributed by atoms with E-state index in [9.17, 15) is 4.79 Å². The first-order valence-corrected chi connectivity index (χ1v) is 6.83. The molecule has 0 spiro atoms. The maximum atomic E-state index is 11.6. The third-order valence-corrected chi connectivity index (χ3v) is 2.57. The molecule has 6 heteroatoms. The summed E-state index contributed by atoms with van der Waals surface area (Å²) in [4.78, 5) is 11.8. The Bertz CT molecular complexity index is 489. The number of hydrogen-bond donors (Lipinski definition) is 2. The summed E-state index contributed by atoms with van der Waals surface area (Å²) in [5, 5.41) is 2.75. The Morgan fingerprint density at radius 2 is 2.05 bits per heavy atom. The van der Waals surface area contributed by atoms with Crippen LogP contribution in [0.2, 0.25) is 0 Å². The second-order valence-electron chi connectivity index (χ2n) is 4.47. The summed E-state index contributed by atoms with van der Waals surface area (Å²) in [6, 6.07) is 5.22. The van der Waals surface area contributed by atoms with E-state index in [0.29, 0.717) is 23.7 Å². The number of thiocarbonyl (C=S) groups is 1. The fourth-order valence-electron chi connectivity index (χ4n) is 1.56. The predicted octanol–water partition coefficient (Wildman–Crippen LogP) is 1.62. The molecule has 1 amide bonds. The van der Waals surface area contributed by atoms with Gasteiger partial charge in [-0.3, -0.25) is 4.79 Å². The number of nitrogens with one attached hydrogen (secondary N) is 1. The number of benzene rings is 1. The molecule has 3 N–H and O–H groups in total. The Balaban J connectivity index is 2.78. The van der Waals surface area contributed by atoms with Crippen molar-refractivity contribution in [3.8, 4) is 11.5 Å². The number of nitrogens with two attached hydrogens (primary N) is 1. The quantitative estimate of drug-likeness (QED) is 0.748. The van der Waals surface area contributed by atoms with E-state index in [-0.39, 0.29) is 23.5 Å². The van der Waals surface area contributed by atoms with E-state index >= 15 is 0 Å². The Morgan fingerprint density at radius 3 is 2.60 bits per heavy atom. The van der Waals surface area contributed by atoms with E-state index in [2.05, 4.69) is 5.32 Å². The Morgan fingerprint density at radius 1 is 1.35 bits per heavy atom. The van der Waals surface area contributed by atoms with Crippen molar-refractivity contribution in [1.29, 1.82) is 0 Å². The highest BCUT2D eigenvalue weighted by Gasteiger charge is 2.10. The van der Waals surface area contributed by atoms with Crippen LogP contribution in [0.15, 0.2) is 18.2 Å². The lowest BCUT2D eigenvalue weighted by atomic mass is 10.2. The smallest absolute Gasteiger partial charge is 0.258 e. The van der Waals surface area contributed by atoms with Gasteiger partial charge in [0.1, 0.15) is 4.99 Å². The lowest BCUT2D eigenvalue weighted by molar-refractivity contribution is -0.123. The molecule has 0 fully saturated rings. The molecular weight excluding hydrogens is 276 g/mol. The normalized spacial score (nSPS) is 10.2. The molecule has 0 aliphatic carbocycles. The standard InChI is InChI=1S/C14H20N2O3S/c1-4-18-12-7-10(14(15)20)5-6-11(12)19-8-13(17)16-9(2)3/h5-7,9H,4,8H2,1-3H3,(H2,15,20)(H,16,17). The number of ether oxygens (including phenoxy) is 2. The average molecular weight is 296 g/mol. The summed E-state index contributed by atoms with van der Waals surface area (Å²) >= 11 is 4.92. The number of carbonyl (C=O) groups excluding carboxylic acids is 1. The van der Waals surface area contributed by atoms with Crippen molar-refractivity contribution in [2.24, 2.45) is 5.73 Å². The lowest BCUT2D eigenvalue weighted by Crippen LogP contribution is -2.34. The molecule has 0 heterocycles. The van der Waals surface area contributed by atoms with Crippen LogP contribution in [0.5, 0.6) is 11.5 Å². The van der Waals surface area contributed by atoms with Crippen molar-refractivity contribution < 1.29 is 14.3 Å². The van der Waals surface area contributed by atoms with Crippen molar-refractivity contribution in [1.82, 2.24) is 5.32 Å². The van der Waals surface area contributed by atoms with Crippen LogP contribution < -0.4 is 20.5 Å². The van der Waals surface area contributed by atoms with Crippen LogP contribution in [0, 0.1) is 0 Å². The highest BCUT2D eigenvalue weighted by atomic mass is 32.1. The van der Waals surface area contributed by atoms with Crippen LogP contribution in [-0.4, -0.2) is 30.2 Å². The van der Waals surface area contributed by atoms with Crippen LogP contribution in [0.3, 0.4) is 0 Å². The zero-order valence-corrected chi connectivity index (χ0v) is 12.8.